The SMILES string of the molecule is CC(C)CN(CCO)c1ccc(NCCO)c([N+](=O)[O-])c1.Cl. The third-order valence-corrected chi connectivity index (χ3v) is 2.93. The average Bonchev–Trinajstić information content (AvgIpc) is 2.44. The van der Waals surface area contributed by atoms with Gasteiger partial charge in [-0.25, -0.2) is 0 Å². The Kier molecular flexibility index (Phi) is 9.48. The van der Waals surface area contributed by atoms with Crippen molar-refractivity contribution in [2.24, 2.45) is 5.92 Å². The van der Waals surface area contributed by atoms with Crippen LogP contribution in [0.25, 0.3) is 0 Å². The van der Waals surface area contributed by atoms with E-state index in [1.165, 1.54) is 6.07 Å². The second kappa shape index (κ2) is 10.2. The van der Waals surface area contributed by atoms with Crippen molar-refractivity contribution < 1.29 is 15.1 Å². The minimum Gasteiger partial charge on any atom is -0.395 e. The van der Waals surface area contributed by atoms with E-state index in [2.05, 4.69) is 19.2 Å². The van der Waals surface area contributed by atoms with Gasteiger partial charge in [-0.05, 0) is 18.1 Å². The lowest BCUT2D eigenvalue weighted by Crippen LogP contribution is -2.30. The minimum atomic E-state index is -0.449. The molecule has 0 aromatic heterocycles. The number of aliphatic hydroxyl groups is 2. The summed E-state index contributed by atoms with van der Waals surface area (Å²) in [5.41, 5.74) is 1.05. The van der Waals surface area contributed by atoms with Gasteiger partial charge >= 0.3 is 0 Å². The normalized spacial score (nSPS) is 10.2. The number of benzene rings is 1. The van der Waals surface area contributed by atoms with Crippen molar-refractivity contribution in [2.45, 2.75) is 13.8 Å². The van der Waals surface area contributed by atoms with Gasteiger partial charge in [0.15, 0.2) is 0 Å². The summed E-state index contributed by atoms with van der Waals surface area (Å²) in [4.78, 5) is 12.7. The average molecular weight is 334 g/mol. The van der Waals surface area contributed by atoms with Crippen LogP contribution in [0.1, 0.15) is 13.8 Å². The topological polar surface area (TPSA) is 98.9 Å². The Bertz CT molecular complexity index is 471. The van der Waals surface area contributed by atoms with Crippen LogP contribution in [0.15, 0.2) is 18.2 Å². The largest absolute Gasteiger partial charge is 0.395 e. The van der Waals surface area contributed by atoms with Crippen LogP contribution in [0.5, 0.6) is 0 Å². The van der Waals surface area contributed by atoms with Crippen molar-refractivity contribution in [3.63, 3.8) is 0 Å². The van der Waals surface area contributed by atoms with Crippen LogP contribution < -0.4 is 10.2 Å². The maximum absolute atomic E-state index is 11.2. The molecule has 3 N–H and O–H groups in total. The van der Waals surface area contributed by atoms with Crippen LogP contribution in [0.2, 0.25) is 0 Å². The second-order valence-electron chi connectivity index (χ2n) is 5.17. The fraction of sp³-hybridized carbons (Fsp3) is 0.571. The highest BCUT2D eigenvalue weighted by Crippen LogP contribution is 2.30. The van der Waals surface area contributed by atoms with Crippen LogP contribution in [-0.4, -0.2) is 48.0 Å². The number of hydrogen-bond donors (Lipinski definition) is 3. The van der Waals surface area contributed by atoms with E-state index < -0.39 is 4.92 Å². The number of nitrogens with zero attached hydrogens (tertiary/aromatic N) is 2. The third kappa shape index (κ3) is 6.05. The lowest BCUT2D eigenvalue weighted by atomic mass is 10.1. The van der Waals surface area contributed by atoms with Crippen LogP contribution >= 0.6 is 12.4 Å². The van der Waals surface area contributed by atoms with E-state index >= 15 is 0 Å². The van der Waals surface area contributed by atoms with Crippen molar-refractivity contribution in [3.05, 3.63) is 28.3 Å². The van der Waals surface area contributed by atoms with Crippen LogP contribution in [0.3, 0.4) is 0 Å². The van der Waals surface area contributed by atoms with Crippen molar-refractivity contribution in [1.29, 1.82) is 0 Å². The summed E-state index contributed by atoms with van der Waals surface area (Å²) >= 11 is 0. The fourth-order valence-electron chi connectivity index (χ4n) is 2.10. The van der Waals surface area contributed by atoms with Gasteiger partial charge in [-0.2, -0.15) is 0 Å². The van der Waals surface area contributed by atoms with Gasteiger partial charge in [0.05, 0.1) is 18.1 Å². The number of rotatable bonds is 9. The fourth-order valence-corrected chi connectivity index (χ4v) is 2.10. The molecule has 1 rings (SSSR count). The summed E-state index contributed by atoms with van der Waals surface area (Å²) in [5, 5.41) is 31.9. The Morgan fingerprint density at radius 3 is 2.50 bits per heavy atom. The molecule has 0 bridgehead atoms. The van der Waals surface area contributed by atoms with E-state index in [4.69, 9.17) is 10.2 Å². The minimum absolute atomic E-state index is 0. The molecule has 0 aliphatic heterocycles. The molecule has 0 fully saturated rings. The van der Waals surface area contributed by atoms with Gasteiger partial charge in [0, 0.05) is 31.4 Å². The molecule has 7 nitrogen and oxygen atoms in total. The Morgan fingerprint density at radius 2 is 2.00 bits per heavy atom. The first kappa shape index (κ1) is 20.4. The molecule has 0 aliphatic carbocycles. The lowest BCUT2D eigenvalue weighted by Gasteiger charge is -2.26. The smallest absolute Gasteiger partial charge is 0.294 e. The van der Waals surface area contributed by atoms with Gasteiger partial charge < -0.3 is 20.4 Å². The summed E-state index contributed by atoms with van der Waals surface area (Å²) in [5.74, 6) is 0.378. The van der Waals surface area contributed by atoms with Crippen molar-refractivity contribution in [2.75, 3.05) is 43.1 Å². The summed E-state index contributed by atoms with van der Waals surface area (Å²) in [6.07, 6.45) is 0. The maximum atomic E-state index is 11.2. The molecule has 0 amide bonds. The zero-order valence-electron chi connectivity index (χ0n) is 12.9. The molecule has 22 heavy (non-hydrogen) atoms. The van der Waals surface area contributed by atoms with Crippen LogP contribution in [-0.2, 0) is 0 Å². The van der Waals surface area contributed by atoms with Gasteiger partial charge in [0.2, 0.25) is 0 Å². The van der Waals surface area contributed by atoms with Crippen molar-refractivity contribution in [3.8, 4) is 0 Å². The Morgan fingerprint density at radius 1 is 1.32 bits per heavy atom. The first-order valence-electron chi connectivity index (χ1n) is 6.98. The van der Waals surface area contributed by atoms with E-state index in [0.717, 1.165) is 0 Å². The first-order chi connectivity index (χ1) is 9.99. The highest BCUT2D eigenvalue weighted by molar-refractivity contribution is 5.85. The summed E-state index contributed by atoms with van der Waals surface area (Å²) < 4.78 is 0. The zero-order chi connectivity index (χ0) is 15.8. The summed E-state index contributed by atoms with van der Waals surface area (Å²) in [7, 11) is 0. The molecule has 0 aliphatic rings. The van der Waals surface area contributed by atoms with E-state index in [0.29, 0.717) is 30.4 Å². The molecule has 1 aromatic carbocycles. The number of nitrogens with one attached hydrogen (secondary N) is 1. The molecule has 1 aromatic rings. The standard InChI is InChI=1S/C14H23N3O4.ClH/c1-11(2)10-16(6-8-19)12-3-4-13(15-5-7-18)14(9-12)17(20)21;/h3-4,9,11,15,18-19H,5-8,10H2,1-2H3;1H. The van der Waals surface area contributed by atoms with Gasteiger partial charge in [0.25, 0.3) is 5.69 Å². The lowest BCUT2D eigenvalue weighted by molar-refractivity contribution is -0.383. The van der Waals surface area contributed by atoms with Crippen molar-refractivity contribution in [1.82, 2.24) is 0 Å². The maximum Gasteiger partial charge on any atom is 0.294 e. The Balaban J connectivity index is 0.00000441. The predicted molar refractivity (Wildman–Crippen MR) is 90.1 cm³/mol. The van der Waals surface area contributed by atoms with E-state index in [1.54, 1.807) is 12.1 Å². The number of nitro benzene ring substituents is 1. The molecular weight excluding hydrogens is 310 g/mol. The first-order valence-corrected chi connectivity index (χ1v) is 6.98. The molecule has 0 spiro atoms. The molecule has 0 radical (unpaired) electrons. The quantitative estimate of drug-likeness (QED) is 0.471. The number of nitro groups is 1. The molecule has 0 saturated heterocycles. The molecule has 0 unspecified atom stereocenters. The zero-order valence-corrected chi connectivity index (χ0v) is 13.7. The van der Waals surface area contributed by atoms with Crippen LogP contribution in [0.4, 0.5) is 17.1 Å². The van der Waals surface area contributed by atoms with Gasteiger partial charge in [-0.1, -0.05) is 13.8 Å². The van der Waals surface area contributed by atoms with Gasteiger partial charge in [-0.3, -0.25) is 10.1 Å². The molecule has 126 valence electrons. The van der Waals surface area contributed by atoms with E-state index in [1.807, 2.05) is 4.90 Å². The van der Waals surface area contributed by atoms with Crippen molar-refractivity contribution >= 4 is 29.5 Å². The number of halogens is 1. The third-order valence-electron chi connectivity index (χ3n) is 2.93. The predicted octanol–water partition coefficient (Wildman–Crippen LogP) is 1.88. The highest BCUT2D eigenvalue weighted by atomic mass is 35.5. The van der Waals surface area contributed by atoms with E-state index in [9.17, 15) is 10.1 Å². The molecule has 8 heteroatoms. The molecule has 0 heterocycles. The van der Waals surface area contributed by atoms with Crippen LogP contribution in [0, 0.1) is 16.0 Å². The van der Waals surface area contributed by atoms with Gasteiger partial charge in [0.1, 0.15) is 5.69 Å². The molecule has 0 atom stereocenters. The highest BCUT2D eigenvalue weighted by Gasteiger charge is 2.17. The number of anilines is 2. The summed E-state index contributed by atoms with van der Waals surface area (Å²) in [6, 6.07) is 4.91. The Hall–Kier alpha value is -1.57. The molecule has 0 saturated carbocycles. The van der Waals surface area contributed by atoms with E-state index in [-0.39, 0.29) is 37.9 Å². The second-order valence-corrected chi connectivity index (χ2v) is 5.17. The number of hydrogen-bond acceptors (Lipinski definition) is 6. The summed E-state index contributed by atoms with van der Waals surface area (Å²) in [6.45, 7) is 5.40. The monoisotopic (exact) mass is 333 g/mol. The number of aliphatic hydroxyl groups excluding tert-OH is 2. The van der Waals surface area contributed by atoms with Gasteiger partial charge in [-0.15, -0.1) is 12.4 Å². The molecular formula is C14H24ClN3O4. The Labute approximate surface area is 136 Å².